The zero-order valence-electron chi connectivity index (χ0n) is 57.2. The van der Waals surface area contributed by atoms with Gasteiger partial charge in [0.2, 0.25) is 0 Å². The molecule has 14 heterocycles. The minimum Gasteiger partial charge on any atom is -0.413 e. The Hall–Kier alpha value is -7.68. The molecule has 0 bridgehead atoms. The van der Waals surface area contributed by atoms with Crippen molar-refractivity contribution in [3.05, 3.63) is 90.0 Å². The number of aliphatic hydroxyl groups excluding tert-OH is 3. The van der Waals surface area contributed by atoms with Crippen molar-refractivity contribution in [3.8, 4) is 35.5 Å². The molecule has 35 heteroatoms. The molecular formula is C65H80N14O20Si. The van der Waals surface area contributed by atoms with Crippen LogP contribution < -0.4 is 34.0 Å². The summed E-state index contributed by atoms with van der Waals surface area (Å²) in [5.74, 6) is 12.4. The number of hydrogen-bond acceptors (Lipinski definition) is 28. The van der Waals surface area contributed by atoms with E-state index in [0.29, 0.717) is 16.6 Å². The molecule has 34 nitrogen and oxygen atoms in total. The highest BCUT2D eigenvalue weighted by Gasteiger charge is 2.62. The average Bonchev–Trinajstić information content (AvgIpc) is 1.59. The predicted octanol–water partition coefficient (Wildman–Crippen LogP) is 0.930. The number of aliphatic hydroxyl groups is 3. The highest BCUT2D eigenvalue weighted by atomic mass is 28.4. The molecule has 8 aliphatic rings. The van der Waals surface area contributed by atoms with Crippen molar-refractivity contribution in [2.24, 2.45) is 0 Å². The Balaban J connectivity index is 0.750. The van der Waals surface area contributed by atoms with E-state index in [0.717, 1.165) is 21.3 Å². The van der Waals surface area contributed by atoms with Crippen molar-refractivity contribution in [2.45, 2.75) is 253 Å². The van der Waals surface area contributed by atoms with E-state index in [1.807, 2.05) is 13.8 Å². The Bertz CT molecular complexity index is 4640. The number of nitrogens with two attached hydrogens (primary N) is 2. The van der Waals surface area contributed by atoms with Crippen molar-refractivity contribution in [1.82, 2.24) is 58.1 Å². The second-order valence-corrected chi connectivity index (χ2v) is 34.2. The van der Waals surface area contributed by atoms with E-state index >= 15 is 0 Å². The van der Waals surface area contributed by atoms with Gasteiger partial charge >= 0.3 is 11.4 Å². The van der Waals surface area contributed by atoms with Crippen LogP contribution in [0.25, 0.3) is 22.3 Å². The van der Waals surface area contributed by atoms with Crippen LogP contribution in [0, 0.1) is 35.5 Å². The molecule has 9 N–H and O–H groups in total. The van der Waals surface area contributed by atoms with Gasteiger partial charge in [0, 0.05) is 18.3 Å². The summed E-state index contributed by atoms with van der Waals surface area (Å²) in [5, 5.41) is 36.4. The first-order valence-corrected chi connectivity index (χ1v) is 35.2. The predicted molar refractivity (Wildman–Crippen MR) is 349 cm³/mol. The van der Waals surface area contributed by atoms with Crippen LogP contribution in [-0.4, -0.2) is 203 Å². The number of nitrogen functional groups attached to an aromatic ring is 2. The second kappa shape index (κ2) is 25.1. The number of H-pyrrole nitrogens is 2. The minimum atomic E-state index is -2.39. The summed E-state index contributed by atoms with van der Waals surface area (Å²) in [6.45, 7) is 27.0. The quantitative estimate of drug-likeness (QED) is 0.0624. The number of nitrogens with one attached hydrogen (secondary N) is 2. The second-order valence-electron chi connectivity index (χ2n) is 28.8. The van der Waals surface area contributed by atoms with Crippen molar-refractivity contribution in [3.63, 3.8) is 0 Å². The van der Waals surface area contributed by atoms with E-state index in [9.17, 15) is 34.5 Å². The number of hydrogen-bond donors (Lipinski definition) is 7. The number of anilines is 2. The molecule has 0 aliphatic carbocycles. The summed E-state index contributed by atoms with van der Waals surface area (Å²) >= 11 is 0. The topological polar surface area (TPSA) is 430 Å². The Labute approximate surface area is 571 Å². The maximum absolute atomic E-state index is 14.3. The van der Waals surface area contributed by atoms with E-state index < -0.39 is 170 Å². The van der Waals surface area contributed by atoms with Crippen molar-refractivity contribution in [2.75, 3.05) is 18.1 Å². The maximum Gasteiger partial charge on any atom is 0.331 e. The first-order chi connectivity index (χ1) is 47.1. The Morgan fingerprint density at radius 2 is 0.910 bits per heavy atom. The van der Waals surface area contributed by atoms with E-state index in [1.165, 1.54) is 23.4 Å². The first-order valence-electron chi connectivity index (χ1n) is 33.0. The number of aromatic amines is 2. The van der Waals surface area contributed by atoms with E-state index in [1.54, 1.807) is 46.1 Å². The zero-order valence-corrected chi connectivity index (χ0v) is 58.2. The van der Waals surface area contributed by atoms with Crippen LogP contribution in [0.1, 0.15) is 139 Å². The van der Waals surface area contributed by atoms with Gasteiger partial charge in [-0.15, -0.1) is 0 Å². The molecule has 0 spiro atoms. The van der Waals surface area contributed by atoms with Gasteiger partial charge in [-0.2, -0.15) is 0 Å². The molecule has 19 atom stereocenters. The molecule has 100 heavy (non-hydrogen) atoms. The lowest BCUT2D eigenvalue weighted by atomic mass is 10.1. The van der Waals surface area contributed by atoms with E-state index in [2.05, 4.69) is 112 Å². The number of imidazole rings is 2. The Morgan fingerprint density at radius 3 is 1.37 bits per heavy atom. The van der Waals surface area contributed by atoms with Gasteiger partial charge < -0.3 is 88.1 Å². The number of nitrogens with zero attached hydrogens (tertiary/aromatic N) is 10. The standard InChI is InChI=1S/C65H80N14O20Si/c1-27(2)100(28(3)4,29(5)6)87-24-34-44-48(96-62(7,8)92-44)58(88-34)78-35(72-39-52(66)68-25-70-54(39)78)19-18-33(82)43-46-50(98-64(11,12)94-46)57(90-43)77-30(23-38(84)75-61(77)86)15-16-31(80)42-47-51(99-65(13,14)95-47)59(91-42)79-36(73-40-53(67)69-26-71-55(40)79)20-17-32(81)41-45-49(97-63(9,10)93-45)56(89-41)76-22-21-37(83)74-60(76)85/h21-23,25-29,31-34,41-51,56-59,80-82H,24H2,1-14H3,(H2,66,68,70)(H2,67,69,71)(H,74,83,85)(H,75,84,86)/t31-,32-,33-,34-,41-,42-,43-,44-,45-,46-,47-,48-,49-,50-,51-,56-,57-,58-,59-/m1/s1. The number of ether oxygens (including phenoxy) is 12. The third kappa shape index (κ3) is 12.1. The van der Waals surface area contributed by atoms with E-state index in [-0.39, 0.29) is 57.9 Å². The van der Waals surface area contributed by atoms with Crippen LogP contribution in [0.2, 0.25) is 16.6 Å². The largest absolute Gasteiger partial charge is 0.413 e. The van der Waals surface area contributed by atoms with Crippen molar-refractivity contribution < 1.29 is 76.6 Å². The van der Waals surface area contributed by atoms with Gasteiger partial charge in [-0.1, -0.05) is 59.3 Å². The molecule has 0 unspecified atom stereocenters. The molecule has 0 amide bonds. The summed E-state index contributed by atoms with van der Waals surface area (Å²) in [6, 6.07) is 2.17. The molecule has 534 valence electrons. The van der Waals surface area contributed by atoms with Crippen LogP contribution in [-0.2, 0) is 61.3 Å². The molecule has 8 fully saturated rings. The lowest BCUT2D eigenvalue weighted by Crippen LogP contribution is -2.50. The SMILES string of the molecule is CC(C)[Si](OC[C@H]1O[C@@H](n2c(C#C[C@@H](O)[C@H]3O[C@@H](n4c(C#C[C@@H](O)[C@H]5O[C@@H](n6c(C#C[C@@H](O)[C@H]7O[C@@H](n8ccc(=O)[nH]c8=O)[C@@H]8OC(C)(C)O[C@@H]87)nc7c(N)ncnc76)[C@@H]6OC(C)(C)O[C@@H]65)cc(=O)[nH]c4=O)[C@@H]4OC(C)(C)O[C@@H]43)nc3c(N)ncnc32)[C@@H]2OC(C)(C)O[C@@H]21)(C(C)C)C(C)C. The van der Waals surface area contributed by atoms with Crippen LogP contribution in [0.3, 0.4) is 0 Å². The maximum atomic E-state index is 14.3. The highest BCUT2D eigenvalue weighted by molar-refractivity contribution is 6.77. The fourth-order valence-corrected chi connectivity index (χ4v) is 21.1. The van der Waals surface area contributed by atoms with Crippen LogP contribution in [0.15, 0.2) is 50.2 Å². The van der Waals surface area contributed by atoms with Gasteiger partial charge in [-0.25, -0.2) is 39.5 Å². The van der Waals surface area contributed by atoms with E-state index in [4.69, 9.17) is 77.7 Å². The monoisotopic (exact) mass is 1400 g/mol. The summed E-state index contributed by atoms with van der Waals surface area (Å²) in [6.07, 6.45) is -18.2. The molecule has 6 aromatic heterocycles. The van der Waals surface area contributed by atoms with Gasteiger partial charge in [0.1, 0.15) is 110 Å². The molecule has 14 rings (SSSR count). The molecule has 6 aromatic rings. The van der Waals surface area contributed by atoms with Crippen LogP contribution in [0.4, 0.5) is 11.6 Å². The molecule has 8 saturated heterocycles. The van der Waals surface area contributed by atoms with Crippen molar-refractivity contribution >= 4 is 42.3 Å². The Kier molecular flexibility index (Phi) is 17.4. The van der Waals surface area contributed by atoms with Crippen LogP contribution in [0.5, 0.6) is 0 Å². The smallest absolute Gasteiger partial charge is 0.331 e. The van der Waals surface area contributed by atoms with Crippen LogP contribution >= 0.6 is 0 Å². The van der Waals surface area contributed by atoms with Crippen molar-refractivity contribution in [1.29, 1.82) is 0 Å². The lowest BCUT2D eigenvalue weighted by molar-refractivity contribution is -0.204. The number of fused-ring (bicyclic) bond motifs is 6. The normalized spacial score (nSPS) is 32.1. The molecule has 0 saturated carbocycles. The number of rotatable bonds is 13. The summed E-state index contributed by atoms with van der Waals surface area (Å²) in [7, 11) is -2.39. The van der Waals surface area contributed by atoms with Gasteiger partial charge in [-0.05, 0) is 89.8 Å². The average molecular weight is 1410 g/mol. The van der Waals surface area contributed by atoms with Gasteiger partial charge in [-0.3, -0.25) is 37.8 Å². The Morgan fingerprint density at radius 1 is 0.520 bits per heavy atom. The molecule has 0 aromatic carbocycles. The van der Waals surface area contributed by atoms with Gasteiger partial charge in [0.25, 0.3) is 11.1 Å². The van der Waals surface area contributed by atoms with Gasteiger partial charge in [0.05, 0.1) is 6.61 Å². The fourth-order valence-electron chi connectivity index (χ4n) is 15.6. The minimum absolute atomic E-state index is 0.0408. The zero-order chi connectivity index (χ0) is 71.4. The summed E-state index contributed by atoms with van der Waals surface area (Å²) < 4.78 is 89.7. The molecule has 0 radical (unpaired) electrons. The third-order valence-corrected chi connectivity index (χ3v) is 25.4. The lowest BCUT2D eigenvalue weighted by Gasteiger charge is -2.43. The summed E-state index contributed by atoms with van der Waals surface area (Å²) in [5.41, 5.74) is 10.9. The molecule has 8 aliphatic heterocycles. The number of aromatic nitrogens is 12. The fraction of sp³-hybridized carbons (Fsp3) is 0.631. The third-order valence-electron chi connectivity index (χ3n) is 19.3. The summed E-state index contributed by atoms with van der Waals surface area (Å²) in [4.78, 5) is 83.8. The highest BCUT2D eigenvalue weighted by Crippen LogP contribution is 2.50. The first kappa shape index (κ1) is 69.4. The molecular weight excluding hydrogens is 1320 g/mol. The van der Waals surface area contributed by atoms with Gasteiger partial charge in [0.15, 0.2) is 102 Å².